The fourth-order valence-corrected chi connectivity index (χ4v) is 3.40. The minimum Gasteiger partial charge on any atom is -0.395 e. The molecule has 86 valence electrons. The quantitative estimate of drug-likeness (QED) is 0.850. The molecule has 0 aromatic carbocycles. The van der Waals surface area contributed by atoms with Crippen LogP contribution in [0.1, 0.15) is 16.6 Å². The summed E-state index contributed by atoms with van der Waals surface area (Å²) in [6.07, 6.45) is 0. The molecule has 0 aliphatic heterocycles. The maximum atomic E-state index is 11.2. The fourth-order valence-electron chi connectivity index (χ4n) is 1.31. The number of Topliss-reactive ketones (excluding diaryl/α,β-unsaturated/α-hetero) is 1. The van der Waals surface area contributed by atoms with Crippen LogP contribution < -0.4 is 4.90 Å². The molecule has 2 aromatic heterocycles. The van der Waals surface area contributed by atoms with Crippen LogP contribution in [0, 0.1) is 0 Å². The molecule has 0 atom stereocenters. The lowest BCUT2D eigenvalue weighted by atomic mass is 10.4. The average Bonchev–Trinajstić information content (AvgIpc) is 2.73. The molecule has 0 saturated carbocycles. The first-order valence-electron chi connectivity index (χ1n) is 4.85. The van der Waals surface area contributed by atoms with Gasteiger partial charge >= 0.3 is 0 Å². The first kappa shape index (κ1) is 11.5. The van der Waals surface area contributed by atoms with Crippen molar-refractivity contribution in [3.8, 4) is 0 Å². The lowest BCUT2D eigenvalue weighted by Gasteiger charge is -2.12. The molecular formula is C10H12N2O2S2. The molecule has 16 heavy (non-hydrogen) atoms. The summed E-state index contributed by atoms with van der Waals surface area (Å²) in [5.41, 5.74) is 0. The molecule has 0 fully saturated rings. The Kier molecular flexibility index (Phi) is 3.22. The van der Waals surface area contributed by atoms with Gasteiger partial charge in [0.2, 0.25) is 0 Å². The van der Waals surface area contributed by atoms with Crippen LogP contribution in [0.3, 0.4) is 0 Å². The number of hydrogen-bond donors (Lipinski definition) is 1. The van der Waals surface area contributed by atoms with Crippen molar-refractivity contribution in [2.75, 3.05) is 25.1 Å². The van der Waals surface area contributed by atoms with Crippen molar-refractivity contribution < 1.29 is 9.90 Å². The van der Waals surface area contributed by atoms with E-state index in [9.17, 15) is 4.79 Å². The summed E-state index contributed by atoms with van der Waals surface area (Å²) >= 11 is 2.97. The second-order valence-electron chi connectivity index (χ2n) is 3.48. The van der Waals surface area contributed by atoms with Crippen LogP contribution in [0.25, 0.3) is 9.53 Å². The number of thiazole rings is 1. The average molecular weight is 256 g/mol. The molecule has 2 aromatic rings. The number of fused-ring (bicyclic) bond motifs is 1. The SMILES string of the molecule is CC(=O)c1cc2sc(N(C)CCO)nc2s1. The van der Waals surface area contributed by atoms with Gasteiger partial charge < -0.3 is 10.0 Å². The second kappa shape index (κ2) is 4.48. The van der Waals surface area contributed by atoms with Gasteiger partial charge in [-0.3, -0.25) is 4.79 Å². The van der Waals surface area contributed by atoms with Gasteiger partial charge in [0.1, 0.15) is 4.83 Å². The summed E-state index contributed by atoms with van der Waals surface area (Å²) < 4.78 is 1.04. The number of carbonyl (C=O) groups is 1. The molecule has 2 heterocycles. The summed E-state index contributed by atoms with van der Waals surface area (Å²) in [4.78, 5) is 19.2. The van der Waals surface area contributed by atoms with E-state index in [1.165, 1.54) is 11.3 Å². The van der Waals surface area contributed by atoms with E-state index in [2.05, 4.69) is 4.98 Å². The maximum absolute atomic E-state index is 11.2. The van der Waals surface area contributed by atoms with Crippen LogP contribution in [0.15, 0.2) is 6.07 Å². The van der Waals surface area contributed by atoms with Crippen LogP contribution in [0.5, 0.6) is 0 Å². The Morgan fingerprint density at radius 3 is 2.88 bits per heavy atom. The molecule has 0 aliphatic carbocycles. The topological polar surface area (TPSA) is 53.4 Å². The number of likely N-dealkylation sites (N-methyl/N-ethyl adjacent to an activating group) is 1. The van der Waals surface area contributed by atoms with Crippen LogP contribution in [-0.4, -0.2) is 36.1 Å². The van der Waals surface area contributed by atoms with Gasteiger partial charge in [0.25, 0.3) is 0 Å². The van der Waals surface area contributed by atoms with Crippen molar-refractivity contribution >= 4 is 43.1 Å². The number of carbonyl (C=O) groups excluding carboxylic acids is 1. The Morgan fingerprint density at radius 1 is 1.56 bits per heavy atom. The van der Waals surface area contributed by atoms with Crippen molar-refractivity contribution in [2.45, 2.75) is 6.92 Å². The minimum atomic E-state index is 0.0838. The number of ketones is 1. The highest BCUT2D eigenvalue weighted by molar-refractivity contribution is 7.29. The van der Waals surface area contributed by atoms with Crippen molar-refractivity contribution in [1.82, 2.24) is 4.98 Å². The van der Waals surface area contributed by atoms with E-state index in [1.54, 1.807) is 18.3 Å². The highest BCUT2D eigenvalue weighted by Crippen LogP contribution is 2.34. The number of thiophene rings is 1. The van der Waals surface area contributed by atoms with E-state index in [1.807, 2.05) is 18.0 Å². The monoisotopic (exact) mass is 256 g/mol. The fraction of sp³-hybridized carbons (Fsp3) is 0.400. The zero-order chi connectivity index (χ0) is 11.7. The van der Waals surface area contributed by atoms with Gasteiger partial charge in [-0.25, -0.2) is 4.98 Å². The highest BCUT2D eigenvalue weighted by atomic mass is 32.1. The van der Waals surface area contributed by atoms with Gasteiger partial charge in [0.05, 0.1) is 16.2 Å². The van der Waals surface area contributed by atoms with Gasteiger partial charge in [-0.1, -0.05) is 11.3 Å². The van der Waals surface area contributed by atoms with Crippen LogP contribution in [0.2, 0.25) is 0 Å². The standard InChI is InChI=1S/C10H12N2O2S2/c1-6(14)7-5-8-9(15-7)11-10(16-8)12(2)3-4-13/h5,13H,3-4H2,1-2H3. The molecule has 0 amide bonds. The van der Waals surface area contributed by atoms with Crippen molar-refractivity contribution in [3.63, 3.8) is 0 Å². The first-order valence-corrected chi connectivity index (χ1v) is 6.48. The van der Waals surface area contributed by atoms with E-state index in [0.717, 1.165) is 19.5 Å². The molecule has 0 aliphatic rings. The molecule has 0 unspecified atom stereocenters. The Bertz CT molecular complexity index is 486. The Morgan fingerprint density at radius 2 is 2.31 bits per heavy atom. The van der Waals surface area contributed by atoms with E-state index < -0.39 is 0 Å². The summed E-state index contributed by atoms with van der Waals surface area (Å²) in [5, 5.41) is 9.71. The number of aliphatic hydroxyl groups is 1. The smallest absolute Gasteiger partial charge is 0.187 e. The zero-order valence-corrected chi connectivity index (χ0v) is 10.7. The Labute approximate surface area is 101 Å². The number of nitrogens with zero attached hydrogens (tertiary/aromatic N) is 2. The van der Waals surface area contributed by atoms with E-state index >= 15 is 0 Å². The number of anilines is 1. The third kappa shape index (κ3) is 2.09. The summed E-state index contributed by atoms with van der Waals surface area (Å²) in [7, 11) is 1.89. The molecule has 0 saturated heterocycles. The summed E-state index contributed by atoms with van der Waals surface area (Å²) in [6, 6.07) is 1.89. The lowest BCUT2D eigenvalue weighted by Crippen LogP contribution is -2.20. The van der Waals surface area contributed by atoms with Crippen molar-refractivity contribution in [3.05, 3.63) is 10.9 Å². The van der Waals surface area contributed by atoms with Crippen molar-refractivity contribution in [1.29, 1.82) is 0 Å². The molecule has 0 bridgehead atoms. The second-order valence-corrected chi connectivity index (χ2v) is 5.52. The maximum Gasteiger partial charge on any atom is 0.187 e. The molecule has 1 N–H and O–H groups in total. The molecule has 0 spiro atoms. The third-order valence-corrected chi connectivity index (χ3v) is 4.56. The van der Waals surface area contributed by atoms with E-state index in [0.29, 0.717) is 6.54 Å². The van der Waals surface area contributed by atoms with Crippen molar-refractivity contribution in [2.24, 2.45) is 0 Å². The normalized spacial score (nSPS) is 10.9. The first-order chi connectivity index (χ1) is 7.61. The largest absolute Gasteiger partial charge is 0.395 e. The predicted octanol–water partition coefficient (Wildman–Crippen LogP) is 1.99. The number of hydrogen-bond acceptors (Lipinski definition) is 6. The molecule has 6 heteroatoms. The summed E-state index contributed by atoms with van der Waals surface area (Å²) in [5.74, 6) is 0.0838. The van der Waals surface area contributed by atoms with E-state index in [4.69, 9.17) is 5.11 Å². The van der Waals surface area contributed by atoms with E-state index in [-0.39, 0.29) is 12.4 Å². The third-order valence-electron chi connectivity index (χ3n) is 2.19. The van der Waals surface area contributed by atoms with Gasteiger partial charge in [-0.05, 0) is 13.0 Å². The molecule has 0 radical (unpaired) electrons. The Hall–Kier alpha value is -0.980. The van der Waals surface area contributed by atoms with Gasteiger partial charge in [0.15, 0.2) is 10.9 Å². The molecule has 4 nitrogen and oxygen atoms in total. The molecular weight excluding hydrogens is 244 g/mol. The zero-order valence-electron chi connectivity index (χ0n) is 9.06. The van der Waals surface area contributed by atoms with Crippen LogP contribution >= 0.6 is 22.7 Å². The van der Waals surface area contributed by atoms with Gasteiger partial charge in [-0.2, -0.15) is 0 Å². The predicted molar refractivity (Wildman–Crippen MR) is 67.9 cm³/mol. The summed E-state index contributed by atoms with van der Waals surface area (Å²) in [6.45, 7) is 2.25. The van der Waals surface area contributed by atoms with Crippen LogP contribution in [0.4, 0.5) is 5.13 Å². The number of rotatable bonds is 4. The minimum absolute atomic E-state index is 0.0838. The van der Waals surface area contributed by atoms with Crippen LogP contribution in [-0.2, 0) is 0 Å². The molecule has 2 rings (SSSR count). The number of aliphatic hydroxyl groups excluding tert-OH is 1. The lowest BCUT2D eigenvalue weighted by molar-refractivity contribution is 0.102. The number of aromatic nitrogens is 1. The van der Waals surface area contributed by atoms with Gasteiger partial charge in [0, 0.05) is 13.6 Å². The van der Waals surface area contributed by atoms with Gasteiger partial charge in [-0.15, -0.1) is 11.3 Å². The highest BCUT2D eigenvalue weighted by Gasteiger charge is 2.12. The Balaban J connectivity index is 2.32.